The Labute approximate surface area is 163 Å². The molecular formula is C16H14N4O6S2. The summed E-state index contributed by atoms with van der Waals surface area (Å²) < 4.78 is 32.7. The number of carboxylic acid groups (broad SMARTS) is 1. The minimum absolute atomic E-state index is 0.168. The molecule has 0 unspecified atom stereocenters. The Hall–Kier alpha value is -3.25. The molecule has 12 heteroatoms. The summed E-state index contributed by atoms with van der Waals surface area (Å²) in [7, 11) is -3.10. The number of nitrogens with one attached hydrogen (secondary N) is 2. The topological polar surface area (TPSA) is 148 Å². The van der Waals surface area contributed by atoms with Gasteiger partial charge in [0.2, 0.25) is 11.8 Å². The molecule has 0 bridgehead atoms. The number of aromatic nitrogens is 2. The summed E-state index contributed by atoms with van der Waals surface area (Å²) in [4.78, 5) is 30.7. The number of nitrogens with zero attached hydrogens (tertiary/aromatic N) is 2. The van der Waals surface area contributed by atoms with E-state index in [1.807, 2.05) is 0 Å². The molecule has 146 valence electrons. The Kier molecular flexibility index (Phi) is 5.16. The number of carbonyl (C=O) groups excluding carboxylic acids is 1. The van der Waals surface area contributed by atoms with Crippen LogP contribution >= 0.6 is 11.3 Å². The highest BCUT2D eigenvalue weighted by atomic mass is 32.2. The fourth-order valence-electron chi connectivity index (χ4n) is 2.43. The van der Waals surface area contributed by atoms with E-state index >= 15 is 0 Å². The Balaban J connectivity index is 1.93. The minimum atomic E-state index is -4.48. The van der Waals surface area contributed by atoms with Crippen LogP contribution in [0.15, 0.2) is 35.2 Å². The van der Waals surface area contributed by atoms with Gasteiger partial charge < -0.3 is 9.84 Å². The lowest BCUT2D eigenvalue weighted by molar-refractivity contribution is 0.0698. The molecular weight excluding hydrogens is 408 g/mol. The van der Waals surface area contributed by atoms with E-state index in [1.54, 1.807) is 29.8 Å². The monoisotopic (exact) mass is 422 g/mol. The van der Waals surface area contributed by atoms with Crippen LogP contribution in [0.4, 0.5) is 10.7 Å². The number of amides is 2. The van der Waals surface area contributed by atoms with E-state index in [2.05, 4.69) is 15.3 Å². The first-order valence-electron chi connectivity index (χ1n) is 7.69. The Morgan fingerprint density at radius 2 is 1.93 bits per heavy atom. The van der Waals surface area contributed by atoms with Gasteiger partial charge in [-0.05, 0) is 13.0 Å². The number of aromatic carboxylic acids is 1. The molecule has 3 rings (SSSR count). The Morgan fingerprint density at radius 3 is 2.61 bits per heavy atom. The highest BCUT2D eigenvalue weighted by Crippen LogP contribution is 2.34. The number of aryl methyl sites for hydroxylation is 1. The minimum Gasteiger partial charge on any atom is -0.481 e. The molecule has 28 heavy (non-hydrogen) atoms. The summed E-state index contributed by atoms with van der Waals surface area (Å²) in [6.45, 7) is 1.64. The van der Waals surface area contributed by atoms with Gasteiger partial charge in [-0.2, -0.15) is 4.98 Å². The number of hydrogen-bond acceptors (Lipinski definition) is 8. The third-order valence-electron chi connectivity index (χ3n) is 3.51. The van der Waals surface area contributed by atoms with Gasteiger partial charge in [0.25, 0.3) is 10.0 Å². The number of urea groups is 1. The molecule has 0 atom stereocenters. The van der Waals surface area contributed by atoms with Gasteiger partial charge in [0.05, 0.1) is 7.11 Å². The van der Waals surface area contributed by atoms with Crippen molar-refractivity contribution in [3.05, 3.63) is 40.9 Å². The molecule has 2 heterocycles. The second-order valence-electron chi connectivity index (χ2n) is 5.50. The van der Waals surface area contributed by atoms with Gasteiger partial charge in [-0.25, -0.2) is 27.7 Å². The fraction of sp³-hybridized carbons (Fsp3) is 0.125. The molecule has 0 spiro atoms. The lowest BCUT2D eigenvalue weighted by Gasteiger charge is -2.09. The second kappa shape index (κ2) is 7.40. The van der Waals surface area contributed by atoms with E-state index in [-0.39, 0.29) is 17.2 Å². The van der Waals surface area contributed by atoms with Gasteiger partial charge in [-0.3, -0.25) is 5.32 Å². The van der Waals surface area contributed by atoms with Crippen molar-refractivity contribution >= 4 is 49.4 Å². The molecule has 3 N–H and O–H groups in total. The van der Waals surface area contributed by atoms with Gasteiger partial charge in [0.1, 0.15) is 9.77 Å². The predicted octanol–water partition coefficient (Wildman–Crippen LogP) is 2.22. The summed E-state index contributed by atoms with van der Waals surface area (Å²) in [6.07, 6.45) is 0. The van der Waals surface area contributed by atoms with Crippen LogP contribution in [0.2, 0.25) is 0 Å². The number of hydrogen-bond donors (Lipinski definition) is 3. The lowest BCUT2D eigenvalue weighted by Crippen LogP contribution is -2.35. The highest BCUT2D eigenvalue weighted by Gasteiger charge is 2.29. The molecule has 2 amide bonds. The molecule has 0 saturated carbocycles. The van der Waals surface area contributed by atoms with E-state index < -0.39 is 31.8 Å². The van der Waals surface area contributed by atoms with Crippen LogP contribution in [0.1, 0.15) is 15.4 Å². The number of carbonyl (C=O) groups is 2. The van der Waals surface area contributed by atoms with Crippen LogP contribution < -0.4 is 14.8 Å². The average Bonchev–Trinajstić information content (AvgIpc) is 3.01. The molecule has 0 radical (unpaired) electrons. The Morgan fingerprint density at radius 1 is 1.21 bits per heavy atom. The molecule has 3 aromatic rings. The van der Waals surface area contributed by atoms with Crippen molar-refractivity contribution in [2.45, 2.75) is 11.8 Å². The van der Waals surface area contributed by atoms with Gasteiger partial charge >= 0.3 is 12.0 Å². The Bertz CT molecular complexity index is 1190. The van der Waals surface area contributed by atoms with Crippen LogP contribution in [0.5, 0.6) is 5.88 Å². The third-order valence-corrected chi connectivity index (χ3v) is 6.21. The van der Waals surface area contributed by atoms with Crippen molar-refractivity contribution in [2.24, 2.45) is 0 Å². The van der Waals surface area contributed by atoms with Gasteiger partial charge in [-0.15, -0.1) is 11.3 Å². The first kappa shape index (κ1) is 19.5. The molecule has 1 aromatic carbocycles. The zero-order valence-corrected chi connectivity index (χ0v) is 16.2. The largest absolute Gasteiger partial charge is 0.481 e. The number of carboxylic acids is 1. The lowest BCUT2D eigenvalue weighted by atomic mass is 10.2. The number of thiophene rings is 1. The molecule has 0 aliphatic heterocycles. The van der Waals surface area contributed by atoms with Crippen LogP contribution in [-0.4, -0.2) is 42.6 Å². The number of ether oxygens (including phenoxy) is 1. The smallest absolute Gasteiger partial charge is 0.347 e. The molecule has 0 saturated heterocycles. The normalized spacial score (nSPS) is 11.2. The third kappa shape index (κ3) is 3.87. The zero-order valence-electron chi connectivity index (χ0n) is 14.6. The van der Waals surface area contributed by atoms with E-state index in [9.17, 15) is 23.1 Å². The van der Waals surface area contributed by atoms with Gasteiger partial charge in [0.15, 0.2) is 0 Å². The molecule has 0 fully saturated rings. The van der Waals surface area contributed by atoms with Crippen molar-refractivity contribution in [1.82, 2.24) is 14.7 Å². The van der Waals surface area contributed by atoms with Gasteiger partial charge in [0, 0.05) is 21.8 Å². The molecule has 10 nitrogen and oxygen atoms in total. The van der Waals surface area contributed by atoms with Crippen LogP contribution in [0, 0.1) is 6.92 Å². The summed E-state index contributed by atoms with van der Waals surface area (Å²) in [5, 5.41) is 11.8. The summed E-state index contributed by atoms with van der Waals surface area (Å²) >= 11 is 0.805. The summed E-state index contributed by atoms with van der Waals surface area (Å²) in [5.74, 6) is -1.39. The number of rotatable bonds is 5. The number of fused-ring (bicyclic) bond motifs is 1. The quantitative estimate of drug-likeness (QED) is 0.567. The fourth-order valence-corrected chi connectivity index (χ4v) is 5.08. The van der Waals surface area contributed by atoms with Crippen molar-refractivity contribution in [2.75, 3.05) is 12.4 Å². The number of benzene rings is 1. The maximum Gasteiger partial charge on any atom is 0.347 e. The standard InChI is InChI=1S/C16H14N4O6S2/c1-8-7-11(26-2)18-15(17-8)19-16(23)20-28(24,25)13-9-5-3-4-6-10(9)27-12(13)14(21)22/h3-7H,1-2H3,(H,21,22)(H2,17,18,19,20,23). The first-order chi connectivity index (χ1) is 13.2. The summed E-state index contributed by atoms with van der Waals surface area (Å²) in [6, 6.07) is 6.68. The maximum absolute atomic E-state index is 12.7. The van der Waals surface area contributed by atoms with Crippen molar-refractivity contribution in [1.29, 1.82) is 0 Å². The van der Waals surface area contributed by atoms with Crippen LogP contribution in [0.25, 0.3) is 10.1 Å². The van der Waals surface area contributed by atoms with Crippen molar-refractivity contribution in [3.8, 4) is 5.88 Å². The number of anilines is 1. The molecule has 0 aliphatic rings. The van der Waals surface area contributed by atoms with Crippen LogP contribution in [0.3, 0.4) is 0 Å². The predicted molar refractivity (Wildman–Crippen MR) is 101 cm³/mol. The zero-order chi connectivity index (χ0) is 20.5. The maximum atomic E-state index is 12.7. The SMILES string of the molecule is COc1cc(C)nc(NC(=O)NS(=O)(=O)c2c(C(=O)O)sc3ccccc23)n1. The highest BCUT2D eigenvalue weighted by molar-refractivity contribution is 7.90. The number of methoxy groups -OCH3 is 1. The van der Waals surface area contributed by atoms with E-state index in [1.165, 1.54) is 19.2 Å². The molecule has 2 aromatic heterocycles. The van der Waals surface area contributed by atoms with E-state index in [0.717, 1.165) is 11.3 Å². The van der Waals surface area contributed by atoms with E-state index in [4.69, 9.17) is 4.74 Å². The first-order valence-corrected chi connectivity index (χ1v) is 9.99. The van der Waals surface area contributed by atoms with Crippen LogP contribution in [-0.2, 0) is 10.0 Å². The number of sulfonamides is 1. The van der Waals surface area contributed by atoms with Crippen molar-refractivity contribution < 1.29 is 27.9 Å². The van der Waals surface area contributed by atoms with Crippen molar-refractivity contribution in [3.63, 3.8) is 0 Å². The summed E-state index contributed by atoms with van der Waals surface area (Å²) in [5.41, 5.74) is 0.488. The molecule has 0 aliphatic carbocycles. The average molecular weight is 422 g/mol. The van der Waals surface area contributed by atoms with Gasteiger partial charge in [-0.1, -0.05) is 18.2 Å². The van der Waals surface area contributed by atoms with E-state index in [0.29, 0.717) is 10.4 Å². The second-order valence-corrected chi connectivity index (χ2v) is 8.17.